The van der Waals surface area contributed by atoms with Crippen molar-refractivity contribution in [3.63, 3.8) is 0 Å². The number of hydrogen-bond donors (Lipinski definition) is 0. The number of hydrogen-bond acceptors (Lipinski definition) is 2. The Balaban J connectivity index is 2.33. The van der Waals surface area contributed by atoms with E-state index in [-0.39, 0.29) is 0 Å². The number of ether oxygens (including phenoxy) is 2. The van der Waals surface area contributed by atoms with Crippen LogP contribution >= 0.6 is 15.9 Å². The van der Waals surface area contributed by atoms with Gasteiger partial charge in [-0.25, -0.2) is 0 Å². The first-order chi connectivity index (χ1) is 8.35. The molecule has 0 aromatic heterocycles. The van der Waals surface area contributed by atoms with Gasteiger partial charge in [0.2, 0.25) is 0 Å². The third kappa shape index (κ3) is 2.80. The molecule has 0 heterocycles. The zero-order valence-corrected chi connectivity index (χ0v) is 11.1. The highest BCUT2D eigenvalue weighted by Crippen LogP contribution is 2.35. The van der Waals surface area contributed by atoms with Gasteiger partial charge in [-0.3, -0.25) is 0 Å². The Hall–Kier alpha value is -1.48. The molecule has 88 valence electrons. The number of rotatable bonds is 4. The topological polar surface area (TPSA) is 18.5 Å². The van der Waals surface area contributed by atoms with E-state index >= 15 is 0 Å². The molecule has 0 aliphatic carbocycles. The molecule has 0 radical (unpaired) electrons. The van der Waals surface area contributed by atoms with Crippen LogP contribution in [0.2, 0.25) is 0 Å². The van der Waals surface area contributed by atoms with Crippen LogP contribution in [-0.2, 0) is 5.33 Å². The van der Waals surface area contributed by atoms with E-state index < -0.39 is 0 Å². The Morgan fingerprint density at radius 2 is 1.76 bits per heavy atom. The lowest BCUT2D eigenvalue weighted by Gasteiger charge is -2.12. The Kier molecular flexibility index (Phi) is 4.04. The first-order valence-corrected chi connectivity index (χ1v) is 6.42. The smallest absolute Gasteiger partial charge is 0.169 e. The predicted octanol–water partition coefficient (Wildman–Crippen LogP) is 4.38. The summed E-state index contributed by atoms with van der Waals surface area (Å²) in [6, 6.07) is 15.5. The standard InChI is InChI=1S/C14H13BrO2/c1-16-14-11(10-15)6-5-9-13(14)17-12-7-3-2-4-8-12/h2-9H,10H2,1H3. The monoisotopic (exact) mass is 292 g/mol. The van der Waals surface area contributed by atoms with Crippen molar-refractivity contribution in [3.05, 3.63) is 54.1 Å². The van der Waals surface area contributed by atoms with E-state index in [1.165, 1.54) is 0 Å². The molecule has 0 aliphatic heterocycles. The molecule has 2 aromatic rings. The van der Waals surface area contributed by atoms with Gasteiger partial charge in [0.05, 0.1) is 7.11 Å². The van der Waals surface area contributed by atoms with Crippen LogP contribution in [-0.4, -0.2) is 7.11 Å². The third-order valence-electron chi connectivity index (χ3n) is 2.38. The molecule has 0 aliphatic rings. The van der Waals surface area contributed by atoms with E-state index in [2.05, 4.69) is 15.9 Å². The van der Waals surface area contributed by atoms with Crippen LogP contribution in [0.3, 0.4) is 0 Å². The fourth-order valence-electron chi connectivity index (χ4n) is 1.59. The maximum absolute atomic E-state index is 5.80. The maximum Gasteiger partial charge on any atom is 0.169 e. The quantitative estimate of drug-likeness (QED) is 0.779. The van der Waals surface area contributed by atoms with Crippen LogP contribution in [0.1, 0.15) is 5.56 Å². The van der Waals surface area contributed by atoms with E-state index in [0.29, 0.717) is 0 Å². The van der Waals surface area contributed by atoms with E-state index in [9.17, 15) is 0 Å². The summed E-state index contributed by atoms with van der Waals surface area (Å²) in [4.78, 5) is 0. The van der Waals surface area contributed by atoms with Gasteiger partial charge in [0, 0.05) is 10.9 Å². The molecule has 2 nitrogen and oxygen atoms in total. The molecule has 0 saturated carbocycles. The molecule has 0 spiro atoms. The van der Waals surface area contributed by atoms with E-state index in [0.717, 1.165) is 28.1 Å². The Morgan fingerprint density at radius 3 is 2.41 bits per heavy atom. The summed E-state index contributed by atoms with van der Waals surface area (Å²) in [6.07, 6.45) is 0. The molecule has 2 rings (SSSR count). The zero-order chi connectivity index (χ0) is 12.1. The first kappa shape index (κ1) is 12.0. The summed E-state index contributed by atoms with van der Waals surface area (Å²) in [7, 11) is 1.65. The van der Waals surface area contributed by atoms with Gasteiger partial charge in [-0.05, 0) is 18.2 Å². The highest BCUT2D eigenvalue weighted by atomic mass is 79.9. The molecule has 17 heavy (non-hydrogen) atoms. The van der Waals surface area contributed by atoms with Crippen molar-refractivity contribution in [1.29, 1.82) is 0 Å². The van der Waals surface area contributed by atoms with Gasteiger partial charge in [0.15, 0.2) is 11.5 Å². The maximum atomic E-state index is 5.80. The van der Waals surface area contributed by atoms with Crippen molar-refractivity contribution in [2.75, 3.05) is 7.11 Å². The molecule has 0 N–H and O–H groups in total. The van der Waals surface area contributed by atoms with Crippen LogP contribution < -0.4 is 9.47 Å². The number of alkyl halides is 1. The van der Waals surface area contributed by atoms with Gasteiger partial charge >= 0.3 is 0 Å². The van der Waals surface area contributed by atoms with Crippen molar-refractivity contribution in [2.45, 2.75) is 5.33 Å². The minimum Gasteiger partial charge on any atom is -0.493 e. The van der Waals surface area contributed by atoms with Crippen molar-refractivity contribution < 1.29 is 9.47 Å². The molecular formula is C14H13BrO2. The predicted molar refractivity (Wildman–Crippen MR) is 72.1 cm³/mol. The van der Waals surface area contributed by atoms with Crippen LogP contribution in [0.25, 0.3) is 0 Å². The number of methoxy groups -OCH3 is 1. The fourth-order valence-corrected chi connectivity index (χ4v) is 2.04. The van der Waals surface area contributed by atoms with Gasteiger partial charge in [-0.15, -0.1) is 0 Å². The second-order valence-electron chi connectivity index (χ2n) is 3.50. The second kappa shape index (κ2) is 5.73. The van der Waals surface area contributed by atoms with Gasteiger partial charge in [-0.2, -0.15) is 0 Å². The number of benzene rings is 2. The zero-order valence-electron chi connectivity index (χ0n) is 9.52. The van der Waals surface area contributed by atoms with Crippen LogP contribution in [0, 0.1) is 0 Å². The summed E-state index contributed by atoms with van der Waals surface area (Å²) < 4.78 is 11.2. The minimum absolute atomic E-state index is 0.732. The minimum atomic E-state index is 0.732. The number of halogens is 1. The van der Waals surface area contributed by atoms with Crippen molar-refractivity contribution in [3.8, 4) is 17.2 Å². The lowest BCUT2D eigenvalue weighted by Crippen LogP contribution is -1.93. The average molecular weight is 293 g/mol. The van der Waals surface area contributed by atoms with Crippen molar-refractivity contribution in [1.82, 2.24) is 0 Å². The van der Waals surface area contributed by atoms with Crippen LogP contribution in [0.5, 0.6) is 17.2 Å². The highest BCUT2D eigenvalue weighted by molar-refractivity contribution is 9.08. The number of para-hydroxylation sites is 2. The molecule has 2 aromatic carbocycles. The molecule has 0 atom stereocenters. The normalized spacial score (nSPS) is 10.0. The van der Waals surface area contributed by atoms with Crippen LogP contribution in [0.15, 0.2) is 48.5 Å². The molecule has 3 heteroatoms. The summed E-state index contributed by atoms with van der Waals surface area (Å²) in [5, 5.41) is 0.738. The lowest BCUT2D eigenvalue weighted by molar-refractivity contribution is 0.376. The third-order valence-corrected chi connectivity index (χ3v) is 2.98. The van der Waals surface area contributed by atoms with Crippen molar-refractivity contribution in [2.24, 2.45) is 0 Å². The van der Waals surface area contributed by atoms with Gasteiger partial charge < -0.3 is 9.47 Å². The average Bonchev–Trinajstić information content (AvgIpc) is 2.39. The second-order valence-corrected chi connectivity index (χ2v) is 4.06. The van der Waals surface area contributed by atoms with E-state index in [1.807, 2.05) is 48.5 Å². The molecule has 0 amide bonds. The van der Waals surface area contributed by atoms with Gasteiger partial charge in [0.25, 0.3) is 0 Å². The molecule has 0 fully saturated rings. The van der Waals surface area contributed by atoms with E-state index in [4.69, 9.17) is 9.47 Å². The summed E-state index contributed by atoms with van der Waals surface area (Å²) in [5.74, 6) is 2.31. The summed E-state index contributed by atoms with van der Waals surface area (Å²) in [6.45, 7) is 0. The molecular weight excluding hydrogens is 280 g/mol. The first-order valence-electron chi connectivity index (χ1n) is 5.30. The molecule has 0 saturated heterocycles. The fraction of sp³-hybridized carbons (Fsp3) is 0.143. The molecule has 0 bridgehead atoms. The molecule has 0 unspecified atom stereocenters. The SMILES string of the molecule is COc1c(CBr)cccc1Oc1ccccc1. The Bertz CT molecular complexity index is 483. The lowest BCUT2D eigenvalue weighted by atomic mass is 10.2. The van der Waals surface area contributed by atoms with Crippen molar-refractivity contribution >= 4 is 15.9 Å². The van der Waals surface area contributed by atoms with Gasteiger partial charge in [0.1, 0.15) is 5.75 Å². The summed E-state index contributed by atoms with van der Waals surface area (Å²) in [5.41, 5.74) is 1.07. The Labute approximate surface area is 109 Å². The van der Waals surface area contributed by atoms with E-state index in [1.54, 1.807) is 7.11 Å². The van der Waals surface area contributed by atoms with Crippen LogP contribution in [0.4, 0.5) is 0 Å². The highest BCUT2D eigenvalue weighted by Gasteiger charge is 2.09. The largest absolute Gasteiger partial charge is 0.493 e. The van der Waals surface area contributed by atoms with Gasteiger partial charge in [-0.1, -0.05) is 46.3 Å². The summed E-state index contributed by atoms with van der Waals surface area (Å²) >= 11 is 3.43. The Morgan fingerprint density at radius 1 is 1.00 bits per heavy atom.